The van der Waals surface area contributed by atoms with Crippen molar-refractivity contribution >= 4 is 53.0 Å². The minimum atomic E-state index is -2.97. The summed E-state index contributed by atoms with van der Waals surface area (Å²) >= 11 is 0. The third-order valence-corrected chi connectivity index (χ3v) is 29.8. The molecule has 0 aromatic heterocycles. The highest BCUT2D eigenvalue weighted by Crippen LogP contribution is 2.39. The fraction of sp³-hybridized carbons (Fsp3) is 1.00. The Hall–Kier alpha value is 0.941. The highest BCUT2D eigenvalue weighted by Gasteiger charge is 2.58. The van der Waals surface area contributed by atoms with Crippen LogP contribution < -0.4 is 0 Å². The lowest BCUT2D eigenvalue weighted by Gasteiger charge is -2.44. The van der Waals surface area contributed by atoms with E-state index in [1.165, 1.54) is 0 Å². The van der Waals surface area contributed by atoms with Crippen molar-refractivity contribution in [3.8, 4) is 0 Å². The van der Waals surface area contributed by atoms with Crippen molar-refractivity contribution in [2.75, 3.05) is 39.6 Å². The van der Waals surface area contributed by atoms with Crippen LogP contribution in [0.15, 0.2) is 0 Å². The van der Waals surface area contributed by atoms with Gasteiger partial charge in [-0.05, 0) is 80.8 Å². The molecule has 15 heteroatoms. The summed E-state index contributed by atoms with van der Waals surface area (Å²) in [5, 5.41) is 0.0226. The van der Waals surface area contributed by atoms with Crippen LogP contribution in [0.4, 0.5) is 0 Å². The summed E-state index contributed by atoms with van der Waals surface area (Å²) in [5.41, 5.74) is 0. The molecular weight excluding hydrogens is 589 g/mol. The summed E-state index contributed by atoms with van der Waals surface area (Å²) < 4.78 is 57.8. The Morgan fingerprint density at radius 3 is 1.03 bits per heavy atom. The molecule has 230 valence electrons. The molecule has 0 fully saturated rings. The van der Waals surface area contributed by atoms with Crippen molar-refractivity contribution in [1.29, 1.82) is 0 Å². The van der Waals surface area contributed by atoms with Gasteiger partial charge in [0.15, 0.2) is 25.7 Å². The number of hydrogen-bond donors (Lipinski definition) is 0. The van der Waals surface area contributed by atoms with E-state index in [-0.39, 0.29) is 16.2 Å². The molecule has 0 heterocycles. The van der Waals surface area contributed by atoms with Crippen LogP contribution in [0.3, 0.4) is 0 Å². The van der Waals surface area contributed by atoms with Gasteiger partial charge in [0.05, 0.1) is 0 Å². The standard InChI is InChI=1S/C23H60O9Si6/c1-15-24-37(25-16-2,26-17-3)21(7)35(11,12)30-23(33-32-34(9)10)31-36(13,14)22(8)38(27-18-4,28-19-5)29-20-6/h21-23,34H,15-20,33H2,1-14H3. The SMILES string of the molecule is CCO[Si](OCC)(OCC)C(C)[Si](C)(C)OC(O[Si](C)(C)C(C)[Si](OCC)(OCC)OCC)[SiH2]O[SiH](C)C. The molecule has 0 aliphatic rings. The molecule has 9 nitrogen and oxygen atoms in total. The second kappa shape index (κ2) is 18.5. The number of rotatable bonds is 23. The minimum Gasteiger partial charge on any atom is -0.459 e. The molecule has 0 rings (SSSR count). The molecule has 0 N–H and O–H groups in total. The third-order valence-electron chi connectivity index (χ3n) is 6.66. The van der Waals surface area contributed by atoms with Gasteiger partial charge < -0.3 is 39.5 Å². The molecular formula is C23H60O9Si6. The van der Waals surface area contributed by atoms with Gasteiger partial charge in [-0.2, -0.15) is 0 Å². The average Bonchev–Trinajstić information content (AvgIpc) is 2.82. The van der Waals surface area contributed by atoms with Gasteiger partial charge in [-0.15, -0.1) is 0 Å². The van der Waals surface area contributed by atoms with Gasteiger partial charge in [-0.25, -0.2) is 0 Å². The zero-order valence-corrected chi connectivity index (χ0v) is 33.5. The summed E-state index contributed by atoms with van der Waals surface area (Å²) in [7, 11) is -13.2. The van der Waals surface area contributed by atoms with E-state index >= 15 is 0 Å². The van der Waals surface area contributed by atoms with E-state index in [1.807, 2.05) is 41.5 Å². The molecule has 2 unspecified atom stereocenters. The predicted octanol–water partition coefficient (Wildman–Crippen LogP) is 4.75. The maximum absolute atomic E-state index is 6.97. The summed E-state index contributed by atoms with van der Waals surface area (Å²) in [4.78, 5) is 0. The molecule has 0 aromatic rings. The van der Waals surface area contributed by atoms with Crippen LogP contribution in [0.25, 0.3) is 0 Å². The lowest BCUT2D eigenvalue weighted by atomic mass is 10.9. The monoisotopic (exact) mass is 648 g/mol. The van der Waals surface area contributed by atoms with Gasteiger partial charge in [0.1, 0.15) is 5.91 Å². The Balaban J connectivity index is 6.22. The van der Waals surface area contributed by atoms with E-state index in [4.69, 9.17) is 39.5 Å². The first-order valence-corrected chi connectivity index (χ1v) is 28.2. The van der Waals surface area contributed by atoms with Crippen LogP contribution in [0, 0.1) is 0 Å². The molecule has 2 atom stereocenters. The molecule has 0 aromatic carbocycles. The quantitative estimate of drug-likeness (QED) is 0.115. The first-order chi connectivity index (χ1) is 17.7. The Bertz CT molecular complexity index is 550. The van der Waals surface area contributed by atoms with Crippen LogP contribution in [0.1, 0.15) is 55.4 Å². The van der Waals surface area contributed by atoms with Gasteiger partial charge in [0.25, 0.3) is 0 Å². The Labute approximate surface area is 242 Å². The van der Waals surface area contributed by atoms with Gasteiger partial charge >= 0.3 is 17.6 Å². The molecule has 0 aliphatic heterocycles. The van der Waals surface area contributed by atoms with Crippen molar-refractivity contribution in [1.82, 2.24) is 0 Å². The van der Waals surface area contributed by atoms with Gasteiger partial charge in [0.2, 0.25) is 9.76 Å². The fourth-order valence-electron chi connectivity index (χ4n) is 4.30. The second-order valence-electron chi connectivity index (χ2n) is 10.5. The van der Waals surface area contributed by atoms with Crippen LogP contribution in [0.5, 0.6) is 0 Å². The normalized spacial score (nSPS) is 16.5. The van der Waals surface area contributed by atoms with Crippen LogP contribution >= 0.6 is 0 Å². The lowest BCUT2D eigenvalue weighted by Crippen LogP contribution is -2.62. The van der Waals surface area contributed by atoms with Crippen LogP contribution in [-0.4, -0.2) is 98.6 Å². The highest BCUT2D eigenvalue weighted by molar-refractivity contribution is 6.89. The largest absolute Gasteiger partial charge is 0.503 e. The second-order valence-corrected chi connectivity index (χ2v) is 30.6. The van der Waals surface area contributed by atoms with Crippen molar-refractivity contribution < 1.29 is 39.5 Å². The van der Waals surface area contributed by atoms with E-state index in [9.17, 15) is 0 Å². The molecule has 0 amide bonds. The molecule has 0 radical (unpaired) electrons. The molecule has 38 heavy (non-hydrogen) atoms. The van der Waals surface area contributed by atoms with Gasteiger partial charge in [-0.1, -0.05) is 13.8 Å². The van der Waals surface area contributed by atoms with E-state index in [0.29, 0.717) is 39.6 Å². The Kier molecular flexibility index (Phi) is 18.9. The average molecular weight is 649 g/mol. The molecule has 0 saturated heterocycles. The van der Waals surface area contributed by atoms with Crippen molar-refractivity contribution in [3.05, 3.63) is 0 Å². The van der Waals surface area contributed by atoms with E-state index in [2.05, 4.69) is 53.1 Å². The van der Waals surface area contributed by atoms with Crippen LogP contribution in [-0.2, 0) is 39.5 Å². The predicted molar refractivity (Wildman–Crippen MR) is 170 cm³/mol. The third kappa shape index (κ3) is 11.7. The summed E-state index contributed by atoms with van der Waals surface area (Å²) in [6.07, 6.45) is 0. The van der Waals surface area contributed by atoms with E-state index < -0.39 is 53.0 Å². The summed E-state index contributed by atoms with van der Waals surface area (Å²) in [5.74, 6) is -0.383. The molecule has 0 saturated carbocycles. The van der Waals surface area contributed by atoms with Gasteiger partial charge in [0, 0.05) is 50.0 Å². The van der Waals surface area contributed by atoms with E-state index in [0.717, 1.165) is 0 Å². The summed E-state index contributed by atoms with van der Waals surface area (Å²) in [6.45, 7) is 32.7. The number of hydrogen-bond acceptors (Lipinski definition) is 9. The van der Waals surface area contributed by atoms with Gasteiger partial charge in [-0.3, -0.25) is 0 Å². The zero-order valence-electron chi connectivity index (χ0n) is 26.9. The smallest absolute Gasteiger partial charge is 0.459 e. The molecule has 0 bridgehead atoms. The topological polar surface area (TPSA) is 83.1 Å². The Morgan fingerprint density at radius 1 is 0.553 bits per heavy atom. The fourth-order valence-corrected chi connectivity index (χ4v) is 24.7. The van der Waals surface area contributed by atoms with E-state index in [1.54, 1.807) is 0 Å². The minimum absolute atomic E-state index is 0.0113. The molecule has 0 aliphatic carbocycles. The van der Waals surface area contributed by atoms with Crippen molar-refractivity contribution in [3.63, 3.8) is 0 Å². The maximum atomic E-state index is 6.97. The highest BCUT2D eigenvalue weighted by atomic mass is 28.4. The van der Waals surface area contributed by atoms with Crippen molar-refractivity contribution in [2.45, 2.75) is 111 Å². The maximum Gasteiger partial charge on any atom is 0.503 e. The van der Waals surface area contributed by atoms with Crippen LogP contribution in [0.2, 0.25) is 49.6 Å². The Morgan fingerprint density at radius 2 is 0.816 bits per heavy atom. The van der Waals surface area contributed by atoms with Crippen molar-refractivity contribution in [2.24, 2.45) is 0 Å². The zero-order chi connectivity index (χ0) is 29.6. The first-order valence-electron chi connectivity index (χ1n) is 14.5. The first kappa shape index (κ1) is 38.9. The lowest BCUT2D eigenvalue weighted by molar-refractivity contribution is 0.0351. The summed E-state index contributed by atoms with van der Waals surface area (Å²) in [6, 6.07) is 0. The molecule has 0 spiro atoms.